The summed E-state index contributed by atoms with van der Waals surface area (Å²) in [7, 11) is 0. The average Bonchev–Trinajstić information content (AvgIpc) is 3.07. The number of halogens is 1. The molecule has 2 heterocycles. The lowest BCUT2D eigenvalue weighted by Crippen LogP contribution is -2.38. The summed E-state index contributed by atoms with van der Waals surface area (Å²) >= 11 is 0. The zero-order chi connectivity index (χ0) is 17.1. The minimum Gasteiger partial charge on any atom is -0.364 e. The molecule has 0 radical (unpaired) electrons. The summed E-state index contributed by atoms with van der Waals surface area (Å²) in [5, 5.41) is 6.75. The number of nitrogens with two attached hydrogens (primary N) is 1. The lowest BCUT2D eigenvalue weighted by atomic mass is 9.93. The fourth-order valence-electron chi connectivity index (χ4n) is 3.00. The van der Waals surface area contributed by atoms with Crippen molar-refractivity contribution >= 4 is 11.8 Å². The summed E-state index contributed by atoms with van der Waals surface area (Å²) in [5.74, 6) is -0.575. The molecular weight excluding hydrogens is 311 g/mol. The summed E-state index contributed by atoms with van der Waals surface area (Å²) in [5.41, 5.74) is 7.13. The first-order valence-electron chi connectivity index (χ1n) is 7.90. The average molecular weight is 330 g/mol. The highest BCUT2D eigenvalue weighted by Gasteiger charge is 2.25. The van der Waals surface area contributed by atoms with Gasteiger partial charge in [0.05, 0.1) is 6.42 Å². The molecule has 0 atom stereocenters. The second kappa shape index (κ2) is 6.82. The van der Waals surface area contributed by atoms with Gasteiger partial charge in [-0.3, -0.25) is 14.7 Å². The van der Waals surface area contributed by atoms with Crippen LogP contribution < -0.4 is 5.73 Å². The number of carbonyl (C=O) groups is 2. The second-order valence-electron chi connectivity index (χ2n) is 6.03. The van der Waals surface area contributed by atoms with Crippen LogP contribution in [0.3, 0.4) is 0 Å². The number of piperidine rings is 1. The van der Waals surface area contributed by atoms with Crippen LogP contribution in [0, 0.1) is 5.82 Å². The van der Waals surface area contributed by atoms with Crippen molar-refractivity contribution < 1.29 is 14.0 Å². The van der Waals surface area contributed by atoms with E-state index in [-0.39, 0.29) is 29.8 Å². The first-order chi connectivity index (χ1) is 11.5. The fourth-order valence-corrected chi connectivity index (χ4v) is 3.00. The summed E-state index contributed by atoms with van der Waals surface area (Å²) in [6.45, 7) is 1.30. The van der Waals surface area contributed by atoms with Crippen LogP contribution in [-0.2, 0) is 11.2 Å². The molecule has 24 heavy (non-hydrogen) atoms. The Morgan fingerprint density at radius 3 is 2.50 bits per heavy atom. The van der Waals surface area contributed by atoms with Crippen molar-refractivity contribution in [2.45, 2.75) is 25.2 Å². The van der Waals surface area contributed by atoms with E-state index in [0.717, 1.165) is 24.1 Å². The third-order valence-corrected chi connectivity index (χ3v) is 4.41. The molecule has 1 aromatic heterocycles. The van der Waals surface area contributed by atoms with Gasteiger partial charge in [0.15, 0.2) is 0 Å². The first kappa shape index (κ1) is 16.2. The number of benzene rings is 1. The van der Waals surface area contributed by atoms with Crippen molar-refractivity contribution in [3.63, 3.8) is 0 Å². The van der Waals surface area contributed by atoms with Gasteiger partial charge in [-0.15, -0.1) is 0 Å². The van der Waals surface area contributed by atoms with Crippen LogP contribution in [0.4, 0.5) is 4.39 Å². The number of aromatic amines is 1. The molecule has 1 aliphatic rings. The molecule has 0 bridgehead atoms. The van der Waals surface area contributed by atoms with E-state index in [1.54, 1.807) is 18.2 Å². The van der Waals surface area contributed by atoms with Gasteiger partial charge < -0.3 is 10.6 Å². The van der Waals surface area contributed by atoms with E-state index >= 15 is 0 Å². The number of hydrogen-bond donors (Lipinski definition) is 2. The van der Waals surface area contributed by atoms with Gasteiger partial charge in [0.25, 0.3) is 5.91 Å². The molecule has 126 valence electrons. The molecule has 7 heteroatoms. The van der Waals surface area contributed by atoms with Crippen LogP contribution in [0.25, 0.3) is 0 Å². The largest absolute Gasteiger partial charge is 0.364 e. The molecule has 1 saturated heterocycles. The van der Waals surface area contributed by atoms with Gasteiger partial charge in [0.2, 0.25) is 5.91 Å². The van der Waals surface area contributed by atoms with Crippen molar-refractivity contribution in [1.82, 2.24) is 15.1 Å². The number of H-pyrrole nitrogens is 1. The maximum Gasteiger partial charge on any atom is 0.269 e. The SMILES string of the molecule is NC(=O)c1cc(C2CCN(C(=O)Cc3ccc(F)cc3)CC2)[nH]n1. The number of likely N-dealkylation sites (tertiary alicyclic amines) is 1. The first-order valence-corrected chi connectivity index (χ1v) is 7.90. The lowest BCUT2D eigenvalue weighted by molar-refractivity contribution is -0.131. The highest BCUT2D eigenvalue weighted by Crippen LogP contribution is 2.27. The summed E-state index contributed by atoms with van der Waals surface area (Å²) in [4.78, 5) is 25.3. The maximum absolute atomic E-state index is 12.9. The Morgan fingerprint density at radius 1 is 1.25 bits per heavy atom. The number of carbonyl (C=O) groups excluding carboxylic acids is 2. The van der Waals surface area contributed by atoms with Gasteiger partial charge in [0, 0.05) is 24.7 Å². The molecule has 0 aliphatic carbocycles. The molecule has 0 saturated carbocycles. The topological polar surface area (TPSA) is 92.1 Å². The number of rotatable bonds is 4. The summed E-state index contributed by atoms with van der Waals surface area (Å²) < 4.78 is 12.9. The Bertz CT molecular complexity index is 733. The molecule has 0 spiro atoms. The van der Waals surface area contributed by atoms with E-state index in [9.17, 15) is 14.0 Å². The van der Waals surface area contributed by atoms with Gasteiger partial charge in [-0.1, -0.05) is 12.1 Å². The molecule has 3 N–H and O–H groups in total. The highest BCUT2D eigenvalue weighted by atomic mass is 19.1. The van der Waals surface area contributed by atoms with E-state index in [0.29, 0.717) is 13.1 Å². The van der Waals surface area contributed by atoms with Crippen LogP contribution in [-0.4, -0.2) is 40.0 Å². The standard InChI is InChI=1S/C17H19FN4O2/c18-13-3-1-11(2-4-13)9-16(23)22-7-5-12(6-8-22)14-10-15(17(19)24)21-20-14/h1-4,10,12H,5-9H2,(H2,19,24)(H,20,21). The van der Waals surface area contributed by atoms with Crippen LogP contribution in [0.5, 0.6) is 0 Å². The smallest absolute Gasteiger partial charge is 0.269 e. The van der Waals surface area contributed by atoms with Crippen LogP contribution >= 0.6 is 0 Å². The minimum atomic E-state index is -0.551. The van der Waals surface area contributed by atoms with E-state index < -0.39 is 5.91 Å². The highest BCUT2D eigenvalue weighted by molar-refractivity contribution is 5.90. The van der Waals surface area contributed by atoms with Crippen molar-refractivity contribution in [2.75, 3.05) is 13.1 Å². The summed E-state index contributed by atoms with van der Waals surface area (Å²) in [6.07, 6.45) is 1.88. The normalized spacial score (nSPS) is 15.5. The van der Waals surface area contributed by atoms with Crippen molar-refractivity contribution in [1.29, 1.82) is 0 Å². The van der Waals surface area contributed by atoms with Gasteiger partial charge >= 0.3 is 0 Å². The quantitative estimate of drug-likeness (QED) is 0.892. The predicted molar refractivity (Wildman–Crippen MR) is 85.8 cm³/mol. The molecule has 1 aliphatic heterocycles. The number of nitrogens with one attached hydrogen (secondary N) is 1. The van der Waals surface area contributed by atoms with Gasteiger partial charge in [-0.2, -0.15) is 5.10 Å². The Balaban J connectivity index is 1.55. The number of primary amides is 1. The Morgan fingerprint density at radius 2 is 1.92 bits per heavy atom. The van der Waals surface area contributed by atoms with Crippen molar-refractivity contribution in [2.24, 2.45) is 5.73 Å². The lowest BCUT2D eigenvalue weighted by Gasteiger charge is -2.31. The third-order valence-electron chi connectivity index (χ3n) is 4.41. The molecule has 0 unspecified atom stereocenters. The Kier molecular flexibility index (Phi) is 4.59. The maximum atomic E-state index is 12.9. The van der Waals surface area contributed by atoms with E-state index in [2.05, 4.69) is 10.2 Å². The molecule has 6 nitrogen and oxygen atoms in total. The second-order valence-corrected chi connectivity index (χ2v) is 6.03. The van der Waals surface area contributed by atoms with Gasteiger partial charge in [-0.05, 0) is 36.6 Å². The zero-order valence-corrected chi connectivity index (χ0v) is 13.2. The Hall–Kier alpha value is -2.70. The predicted octanol–water partition coefficient (Wildman–Crippen LogP) is 1.60. The minimum absolute atomic E-state index is 0.0440. The molecule has 2 aromatic rings. The number of hydrogen-bond acceptors (Lipinski definition) is 3. The van der Waals surface area contributed by atoms with Gasteiger partial charge in [0.1, 0.15) is 11.5 Å². The number of nitrogens with zero attached hydrogens (tertiary/aromatic N) is 2. The monoisotopic (exact) mass is 330 g/mol. The fraction of sp³-hybridized carbons (Fsp3) is 0.353. The number of aromatic nitrogens is 2. The molecule has 2 amide bonds. The van der Waals surface area contributed by atoms with Crippen molar-refractivity contribution in [3.05, 3.63) is 53.1 Å². The third kappa shape index (κ3) is 3.61. The van der Waals surface area contributed by atoms with Crippen LogP contribution in [0.2, 0.25) is 0 Å². The van der Waals surface area contributed by atoms with Crippen molar-refractivity contribution in [3.8, 4) is 0 Å². The van der Waals surface area contributed by atoms with E-state index in [1.165, 1.54) is 12.1 Å². The molecule has 1 fully saturated rings. The summed E-state index contributed by atoms with van der Waals surface area (Å²) in [6, 6.07) is 7.68. The zero-order valence-electron chi connectivity index (χ0n) is 13.2. The molecule has 3 rings (SSSR count). The van der Waals surface area contributed by atoms with Crippen LogP contribution in [0.1, 0.15) is 40.5 Å². The Labute approximate surface area is 138 Å². The molecule has 1 aromatic carbocycles. The van der Waals surface area contributed by atoms with Gasteiger partial charge in [-0.25, -0.2) is 4.39 Å². The van der Waals surface area contributed by atoms with E-state index in [4.69, 9.17) is 5.73 Å². The van der Waals surface area contributed by atoms with Crippen LogP contribution in [0.15, 0.2) is 30.3 Å². The van der Waals surface area contributed by atoms with E-state index in [1.807, 2.05) is 4.90 Å². The number of amides is 2. The molecular formula is C17H19FN4O2.